The predicted octanol–water partition coefficient (Wildman–Crippen LogP) is 3.26. The third-order valence-corrected chi connectivity index (χ3v) is 3.49. The van der Waals surface area contributed by atoms with Crippen LogP contribution in [0.1, 0.15) is 6.92 Å². The molecule has 2 rings (SSSR count). The maximum Gasteiger partial charge on any atom is 0.183 e. The molecule has 0 bridgehead atoms. The first-order chi connectivity index (χ1) is 8.78. The topological polar surface area (TPSA) is 43.4 Å². The van der Waals surface area contributed by atoms with Gasteiger partial charge in [0.05, 0.1) is 19.1 Å². The van der Waals surface area contributed by atoms with Gasteiger partial charge in [-0.15, -0.1) is 0 Å². The number of hydrogen-bond acceptors (Lipinski definition) is 5. The van der Waals surface area contributed by atoms with E-state index in [2.05, 4.69) is 10.3 Å². The van der Waals surface area contributed by atoms with E-state index in [0.717, 1.165) is 33.6 Å². The lowest BCUT2D eigenvalue weighted by Gasteiger charge is -2.08. The smallest absolute Gasteiger partial charge is 0.183 e. The van der Waals surface area contributed by atoms with Crippen molar-refractivity contribution in [1.82, 2.24) is 4.98 Å². The lowest BCUT2D eigenvalue weighted by atomic mass is 10.1. The Kier molecular flexibility index (Phi) is 4.04. The fourth-order valence-electron chi connectivity index (χ4n) is 1.64. The van der Waals surface area contributed by atoms with Crippen molar-refractivity contribution in [2.45, 2.75) is 6.92 Å². The van der Waals surface area contributed by atoms with Gasteiger partial charge in [0.2, 0.25) is 0 Å². The van der Waals surface area contributed by atoms with Gasteiger partial charge >= 0.3 is 0 Å². The van der Waals surface area contributed by atoms with Crippen LogP contribution < -0.4 is 14.8 Å². The molecule has 0 radical (unpaired) electrons. The van der Waals surface area contributed by atoms with Gasteiger partial charge in [-0.25, -0.2) is 4.98 Å². The van der Waals surface area contributed by atoms with Crippen molar-refractivity contribution >= 4 is 16.5 Å². The number of ether oxygens (including phenoxy) is 2. The SMILES string of the molecule is CCNc1ncc(-c2cc(OC)ccc2OC)s1. The van der Waals surface area contributed by atoms with Gasteiger partial charge in [0, 0.05) is 18.3 Å². The molecule has 1 heterocycles. The van der Waals surface area contributed by atoms with E-state index in [1.807, 2.05) is 31.3 Å². The molecule has 4 nitrogen and oxygen atoms in total. The second-order valence-electron chi connectivity index (χ2n) is 3.63. The van der Waals surface area contributed by atoms with Crippen molar-refractivity contribution in [2.75, 3.05) is 26.1 Å². The molecule has 0 amide bonds. The number of thiazole rings is 1. The zero-order chi connectivity index (χ0) is 13.0. The molecule has 0 aliphatic rings. The van der Waals surface area contributed by atoms with Crippen molar-refractivity contribution in [3.63, 3.8) is 0 Å². The molecule has 1 N–H and O–H groups in total. The van der Waals surface area contributed by atoms with Crippen LogP contribution in [0, 0.1) is 0 Å². The Morgan fingerprint density at radius 3 is 2.78 bits per heavy atom. The van der Waals surface area contributed by atoms with E-state index >= 15 is 0 Å². The minimum Gasteiger partial charge on any atom is -0.497 e. The standard InChI is InChI=1S/C13H16N2O2S/c1-4-14-13-15-8-12(18-13)10-7-9(16-2)5-6-11(10)17-3/h5-8H,4H2,1-3H3,(H,14,15). The normalized spacial score (nSPS) is 10.2. The lowest BCUT2D eigenvalue weighted by molar-refractivity contribution is 0.404. The van der Waals surface area contributed by atoms with E-state index in [4.69, 9.17) is 9.47 Å². The summed E-state index contributed by atoms with van der Waals surface area (Å²) in [5, 5.41) is 4.11. The highest BCUT2D eigenvalue weighted by molar-refractivity contribution is 7.18. The molecule has 18 heavy (non-hydrogen) atoms. The van der Waals surface area contributed by atoms with E-state index in [-0.39, 0.29) is 0 Å². The molecule has 0 aliphatic heterocycles. The first-order valence-corrected chi connectivity index (χ1v) is 6.52. The summed E-state index contributed by atoms with van der Waals surface area (Å²) >= 11 is 1.60. The largest absolute Gasteiger partial charge is 0.497 e. The molecule has 0 spiro atoms. The lowest BCUT2D eigenvalue weighted by Crippen LogP contribution is -1.94. The van der Waals surface area contributed by atoms with E-state index in [0.29, 0.717) is 0 Å². The van der Waals surface area contributed by atoms with E-state index < -0.39 is 0 Å². The number of nitrogens with zero attached hydrogens (tertiary/aromatic N) is 1. The third-order valence-electron chi connectivity index (χ3n) is 2.51. The van der Waals surface area contributed by atoms with E-state index in [1.54, 1.807) is 25.6 Å². The Labute approximate surface area is 111 Å². The molecule has 5 heteroatoms. The van der Waals surface area contributed by atoms with Gasteiger partial charge in [0.1, 0.15) is 11.5 Å². The molecule has 1 aromatic carbocycles. The Morgan fingerprint density at radius 2 is 2.11 bits per heavy atom. The third kappa shape index (κ3) is 2.56. The molecule has 1 aromatic heterocycles. The Balaban J connectivity index is 2.40. The Bertz CT molecular complexity index is 525. The predicted molar refractivity (Wildman–Crippen MR) is 74.8 cm³/mol. The van der Waals surface area contributed by atoms with Crippen LogP contribution in [0.5, 0.6) is 11.5 Å². The molecule has 0 fully saturated rings. The summed E-state index contributed by atoms with van der Waals surface area (Å²) in [7, 11) is 3.32. The highest BCUT2D eigenvalue weighted by Gasteiger charge is 2.11. The molecule has 0 aliphatic carbocycles. The van der Waals surface area contributed by atoms with Crippen LogP contribution in [0.4, 0.5) is 5.13 Å². The molecule has 0 saturated carbocycles. The Hall–Kier alpha value is -1.75. The average Bonchev–Trinajstić information content (AvgIpc) is 2.87. The summed E-state index contributed by atoms with van der Waals surface area (Å²) in [5.74, 6) is 1.63. The van der Waals surface area contributed by atoms with Gasteiger partial charge in [-0.2, -0.15) is 0 Å². The minimum absolute atomic E-state index is 0.809. The van der Waals surface area contributed by atoms with Crippen molar-refractivity contribution in [3.05, 3.63) is 24.4 Å². The van der Waals surface area contributed by atoms with Crippen molar-refractivity contribution < 1.29 is 9.47 Å². The molecule has 0 unspecified atom stereocenters. The summed E-state index contributed by atoms with van der Waals surface area (Å²) in [6, 6.07) is 5.75. The summed E-state index contributed by atoms with van der Waals surface area (Å²) in [5.41, 5.74) is 0.999. The van der Waals surface area contributed by atoms with Gasteiger partial charge in [-0.3, -0.25) is 0 Å². The molecule has 0 saturated heterocycles. The zero-order valence-electron chi connectivity index (χ0n) is 10.7. The highest BCUT2D eigenvalue weighted by atomic mass is 32.1. The molecular formula is C13H16N2O2S. The fraction of sp³-hybridized carbons (Fsp3) is 0.308. The number of anilines is 1. The number of nitrogens with one attached hydrogen (secondary N) is 1. The first kappa shape index (κ1) is 12.7. The second-order valence-corrected chi connectivity index (χ2v) is 4.66. The Morgan fingerprint density at radius 1 is 1.28 bits per heavy atom. The number of hydrogen-bond donors (Lipinski definition) is 1. The highest BCUT2D eigenvalue weighted by Crippen LogP contribution is 2.37. The summed E-state index contributed by atoms with van der Waals surface area (Å²) in [6.07, 6.45) is 1.85. The summed E-state index contributed by atoms with van der Waals surface area (Å²) in [4.78, 5) is 5.38. The first-order valence-electron chi connectivity index (χ1n) is 5.70. The van der Waals surface area contributed by atoms with Crippen LogP contribution in [0.2, 0.25) is 0 Å². The molecule has 0 atom stereocenters. The minimum atomic E-state index is 0.809. The van der Waals surface area contributed by atoms with Crippen LogP contribution in [-0.2, 0) is 0 Å². The van der Waals surface area contributed by atoms with Crippen molar-refractivity contribution in [1.29, 1.82) is 0 Å². The van der Waals surface area contributed by atoms with Crippen molar-refractivity contribution in [2.24, 2.45) is 0 Å². The van der Waals surface area contributed by atoms with Crippen LogP contribution in [0.25, 0.3) is 10.4 Å². The van der Waals surface area contributed by atoms with Crippen LogP contribution in [0.15, 0.2) is 24.4 Å². The maximum absolute atomic E-state index is 5.37. The fourth-order valence-corrected chi connectivity index (χ4v) is 2.54. The average molecular weight is 264 g/mol. The second kappa shape index (κ2) is 5.73. The summed E-state index contributed by atoms with van der Waals surface area (Å²) in [6.45, 7) is 2.91. The van der Waals surface area contributed by atoms with Gasteiger partial charge in [0.25, 0.3) is 0 Å². The number of methoxy groups -OCH3 is 2. The van der Waals surface area contributed by atoms with Crippen LogP contribution in [-0.4, -0.2) is 25.7 Å². The monoisotopic (exact) mass is 264 g/mol. The van der Waals surface area contributed by atoms with Gasteiger partial charge < -0.3 is 14.8 Å². The molecule has 2 aromatic rings. The van der Waals surface area contributed by atoms with Gasteiger partial charge in [0.15, 0.2) is 5.13 Å². The van der Waals surface area contributed by atoms with Crippen molar-refractivity contribution in [3.8, 4) is 21.9 Å². The van der Waals surface area contributed by atoms with Gasteiger partial charge in [-0.1, -0.05) is 11.3 Å². The summed E-state index contributed by atoms with van der Waals surface area (Å²) < 4.78 is 10.6. The van der Waals surface area contributed by atoms with Crippen LogP contribution in [0.3, 0.4) is 0 Å². The quantitative estimate of drug-likeness (QED) is 0.900. The number of rotatable bonds is 5. The zero-order valence-corrected chi connectivity index (χ0v) is 11.5. The van der Waals surface area contributed by atoms with Crippen LogP contribution >= 0.6 is 11.3 Å². The number of benzene rings is 1. The molecular weight excluding hydrogens is 248 g/mol. The number of aromatic nitrogens is 1. The van der Waals surface area contributed by atoms with Gasteiger partial charge in [-0.05, 0) is 25.1 Å². The maximum atomic E-state index is 5.37. The van der Waals surface area contributed by atoms with E-state index in [9.17, 15) is 0 Å². The molecule has 96 valence electrons. The van der Waals surface area contributed by atoms with E-state index in [1.165, 1.54) is 0 Å².